The van der Waals surface area contributed by atoms with E-state index in [-0.39, 0.29) is 11.8 Å². The lowest BCUT2D eigenvalue weighted by Crippen LogP contribution is -2.29. The fourth-order valence-corrected chi connectivity index (χ4v) is 4.82. The lowest BCUT2D eigenvalue weighted by molar-refractivity contribution is 0.349. The van der Waals surface area contributed by atoms with E-state index < -0.39 is 10.1 Å². The first kappa shape index (κ1) is 19.8. The minimum absolute atomic E-state index is 0.212. The summed E-state index contributed by atoms with van der Waals surface area (Å²) in [4.78, 5) is 5.10. The molecule has 2 aromatic carbocycles. The summed E-state index contributed by atoms with van der Waals surface area (Å²) in [7, 11) is -0.336. The second-order valence-electron chi connectivity index (χ2n) is 7.55. The molecule has 0 radical (unpaired) electrons. The second kappa shape index (κ2) is 7.71. The summed E-state index contributed by atoms with van der Waals surface area (Å²) in [6.45, 7) is 0. The van der Waals surface area contributed by atoms with Gasteiger partial charge in [0.25, 0.3) is 0 Å². The summed E-state index contributed by atoms with van der Waals surface area (Å²) >= 11 is 0. The molecule has 2 aliphatic rings. The average molecular weight is 416 g/mol. The quantitative estimate of drug-likeness (QED) is 0.692. The van der Waals surface area contributed by atoms with Crippen molar-refractivity contribution in [1.82, 2.24) is 0 Å². The number of rotatable bonds is 5. The summed E-state index contributed by atoms with van der Waals surface area (Å²) in [5.74, 6) is 2.00. The van der Waals surface area contributed by atoms with Gasteiger partial charge >= 0.3 is 10.1 Å². The van der Waals surface area contributed by atoms with Gasteiger partial charge < -0.3 is 13.7 Å². The molecule has 0 unspecified atom stereocenters. The molecule has 4 rings (SSSR count). The van der Waals surface area contributed by atoms with Crippen LogP contribution in [0.25, 0.3) is 0 Å². The molecule has 1 fully saturated rings. The van der Waals surface area contributed by atoms with E-state index >= 15 is 0 Å². The predicted octanol–water partition coefficient (Wildman–Crippen LogP) is 3.92. The van der Waals surface area contributed by atoms with Gasteiger partial charge in [0.15, 0.2) is 11.5 Å². The van der Waals surface area contributed by atoms with Crippen LogP contribution in [0.4, 0.5) is 0 Å². The Morgan fingerprint density at radius 3 is 2.45 bits per heavy atom. The monoisotopic (exact) mass is 415 g/mol. The van der Waals surface area contributed by atoms with Gasteiger partial charge in [-0.2, -0.15) is 8.42 Å². The molecule has 1 aliphatic heterocycles. The zero-order chi connectivity index (χ0) is 20.6. The Kier molecular flexibility index (Phi) is 5.25. The van der Waals surface area contributed by atoms with E-state index in [1.807, 2.05) is 12.1 Å². The van der Waals surface area contributed by atoms with Crippen LogP contribution in [0, 0.1) is 0 Å². The van der Waals surface area contributed by atoms with E-state index in [1.165, 1.54) is 12.0 Å². The molecule has 7 heteroatoms. The standard InChI is InChI=1S/C22H25NO5S/c1-26-20-12-17-16-9-4-5-10-19(16)23-22(18(17)13-21(20)27-2)14-7-6-8-15(11-14)28-29(3,24)25/h6-8,11-13,16,19H,4-5,9-10H2,1-3H3/t16-,19-/m0/s1. The van der Waals surface area contributed by atoms with Crippen LogP contribution < -0.4 is 13.7 Å². The van der Waals surface area contributed by atoms with Crippen LogP contribution in [0.2, 0.25) is 0 Å². The fourth-order valence-electron chi connectivity index (χ4n) is 4.37. The van der Waals surface area contributed by atoms with Gasteiger partial charge in [0.1, 0.15) is 5.75 Å². The molecule has 154 valence electrons. The molecular formula is C22H25NO5S. The van der Waals surface area contributed by atoms with Crippen molar-refractivity contribution < 1.29 is 22.1 Å². The van der Waals surface area contributed by atoms with Crippen molar-refractivity contribution in [2.24, 2.45) is 4.99 Å². The van der Waals surface area contributed by atoms with Crippen LogP contribution in [-0.4, -0.2) is 40.6 Å². The third-order valence-corrected chi connectivity index (χ3v) is 6.08. The first-order valence-electron chi connectivity index (χ1n) is 9.73. The molecule has 0 N–H and O–H groups in total. The van der Waals surface area contributed by atoms with Gasteiger partial charge in [-0.05, 0) is 42.7 Å². The highest BCUT2D eigenvalue weighted by atomic mass is 32.2. The third-order valence-electron chi connectivity index (χ3n) is 5.59. The van der Waals surface area contributed by atoms with Crippen LogP contribution in [0.1, 0.15) is 48.3 Å². The van der Waals surface area contributed by atoms with Gasteiger partial charge in [-0.25, -0.2) is 0 Å². The van der Waals surface area contributed by atoms with Crippen LogP contribution >= 0.6 is 0 Å². The van der Waals surface area contributed by atoms with E-state index in [4.69, 9.17) is 18.6 Å². The minimum Gasteiger partial charge on any atom is -0.493 e. The smallest absolute Gasteiger partial charge is 0.306 e. The maximum absolute atomic E-state index is 11.5. The Morgan fingerprint density at radius 1 is 1.00 bits per heavy atom. The lowest BCUT2D eigenvalue weighted by Gasteiger charge is -2.35. The zero-order valence-electron chi connectivity index (χ0n) is 16.8. The van der Waals surface area contributed by atoms with Crippen molar-refractivity contribution in [2.75, 3.05) is 20.5 Å². The third kappa shape index (κ3) is 3.96. The summed E-state index contributed by atoms with van der Waals surface area (Å²) < 4.78 is 39.2. The Morgan fingerprint density at radius 2 is 1.72 bits per heavy atom. The summed E-state index contributed by atoms with van der Waals surface area (Å²) in [6.07, 6.45) is 5.54. The first-order chi connectivity index (χ1) is 13.9. The second-order valence-corrected chi connectivity index (χ2v) is 9.12. The molecule has 1 aliphatic carbocycles. The summed E-state index contributed by atoms with van der Waals surface area (Å²) in [5, 5.41) is 0. The van der Waals surface area contributed by atoms with E-state index in [0.29, 0.717) is 17.4 Å². The van der Waals surface area contributed by atoms with Gasteiger partial charge in [0.2, 0.25) is 0 Å². The van der Waals surface area contributed by atoms with Crippen molar-refractivity contribution in [3.8, 4) is 17.2 Å². The Hall–Kier alpha value is -2.54. The Bertz CT molecular complexity index is 1060. The SMILES string of the molecule is COc1cc2c(cc1OC)[C@@H]1CCCC[C@@H]1N=C2c1cccc(OS(C)(=O)=O)c1. The molecule has 1 saturated carbocycles. The van der Waals surface area contributed by atoms with Crippen molar-refractivity contribution in [2.45, 2.75) is 37.6 Å². The Balaban J connectivity index is 1.86. The number of aliphatic imine (C=N–C) groups is 1. The van der Waals surface area contributed by atoms with E-state index in [9.17, 15) is 8.42 Å². The molecule has 29 heavy (non-hydrogen) atoms. The van der Waals surface area contributed by atoms with Gasteiger partial charge in [-0.1, -0.05) is 25.0 Å². The molecule has 0 spiro atoms. The lowest BCUT2D eigenvalue weighted by atomic mass is 9.75. The number of fused-ring (bicyclic) bond motifs is 3. The number of hydrogen-bond acceptors (Lipinski definition) is 6. The molecule has 1 heterocycles. The number of nitrogens with zero attached hydrogens (tertiary/aromatic N) is 1. The summed E-state index contributed by atoms with van der Waals surface area (Å²) in [5.41, 5.74) is 3.88. The Labute approximate surface area is 171 Å². The molecular weight excluding hydrogens is 390 g/mol. The largest absolute Gasteiger partial charge is 0.493 e. The number of ether oxygens (including phenoxy) is 2. The molecule has 0 amide bonds. The topological polar surface area (TPSA) is 74.2 Å². The van der Waals surface area contributed by atoms with E-state index in [0.717, 1.165) is 42.4 Å². The van der Waals surface area contributed by atoms with Crippen molar-refractivity contribution in [1.29, 1.82) is 0 Å². The van der Waals surface area contributed by atoms with Crippen LogP contribution in [0.5, 0.6) is 17.2 Å². The normalized spacial score (nSPS) is 20.9. The highest BCUT2D eigenvalue weighted by Crippen LogP contribution is 2.44. The number of hydrogen-bond donors (Lipinski definition) is 0. The zero-order valence-corrected chi connectivity index (χ0v) is 17.7. The fraction of sp³-hybridized carbons (Fsp3) is 0.409. The number of methoxy groups -OCH3 is 2. The maximum Gasteiger partial charge on any atom is 0.306 e. The molecule has 2 atom stereocenters. The molecule has 0 aromatic heterocycles. The highest BCUT2D eigenvalue weighted by molar-refractivity contribution is 7.86. The van der Waals surface area contributed by atoms with Crippen LogP contribution in [-0.2, 0) is 10.1 Å². The van der Waals surface area contributed by atoms with Crippen molar-refractivity contribution in [3.63, 3.8) is 0 Å². The van der Waals surface area contributed by atoms with Gasteiger partial charge in [-0.3, -0.25) is 4.99 Å². The van der Waals surface area contributed by atoms with Crippen molar-refractivity contribution in [3.05, 3.63) is 53.1 Å². The number of benzene rings is 2. The van der Waals surface area contributed by atoms with Crippen LogP contribution in [0.3, 0.4) is 0 Å². The van der Waals surface area contributed by atoms with Crippen molar-refractivity contribution >= 4 is 15.8 Å². The van der Waals surface area contributed by atoms with E-state index in [2.05, 4.69) is 6.07 Å². The molecule has 0 bridgehead atoms. The molecule has 0 saturated heterocycles. The highest BCUT2D eigenvalue weighted by Gasteiger charge is 2.34. The minimum atomic E-state index is -3.60. The van der Waals surface area contributed by atoms with Crippen LogP contribution in [0.15, 0.2) is 41.4 Å². The predicted molar refractivity (Wildman–Crippen MR) is 112 cm³/mol. The van der Waals surface area contributed by atoms with E-state index in [1.54, 1.807) is 32.4 Å². The van der Waals surface area contributed by atoms with Gasteiger partial charge in [0.05, 0.1) is 32.2 Å². The maximum atomic E-state index is 11.5. The average Bonchev–Trinajstić information content (AvgIpc) is 2.71. The van der Waals surface area contributed by atoms with Gasteiger partial charge in [0, 0.05) is 17.0 Å². The molecule has 6 nitrogen and oxygen atoms in total. The summed E-state index contributed by atoms with van der Waals surface area (Å²) in [6, 6.07) is 11.3. The first-order valence-corrected chi connectivity index (χ1v) is 11.5. The van der Waals surface area contributed by atoms with Gasteiger partial charge in [-0.15, -0.1) is 0 Å². The molecule has 2 aromatic rings.